The highest BCUT2D eigenvalue weighted by Gasteiger charge is 2.32. The van der Waals surface area contributed by atoms with Gasteiger partial charge in [-0.25, -0.2) is 4.98 Å². The van der Waals surface area contributed by atoms with E-state index < -0.39 is 6.36 Å². The van der Waals surface area contributed by atoms with Crippen molar-refractivity contribution in [2.45, 2.75) is 31.3 Å². The molecule has 5 nitrogen and oxygen atoms in total. The fourth-order valence-electron chi connectivity index (χ4n) is 3.74. The summed E-state index contributed by atoms with van der Waals surface area (Å²) in [5.41, 5.74) is 2.38. The van der Waals surface area contributed by atoms with Gasteiger partial charge in [0, 0.05) is 6.04 Å². The van der Waals surface area contributed by atoms with Gasteiger partial charge in [-0.2, -0.15) is 0 Å². The molecule has 1 aliphatic heterocycles. The Morgan fingerprint density at radius 2 is 1.90 bits per heavy atom. The van der Waals surface area contributed by atoms with Gasteiger partial charge in [0.15, 0.2) is 0 Å². The van der Waals surface area contributed by atoms with Crippen LogP contribution in [-0.2, 0) is 0 Å². The molecule has 3 aromatic rings. The number of imidazole rings is 1. The summed E-state index contributed by atoms with van der Waals surface area (Å²) in [7, 11) is 2.09. The highest BCUT2D eigenvalue weighted by atomic mass is 19.4. The quantitative estimate of drug-likeness (QED) is 0.668. The molecule has 2 N–H and O–H groups in total. The lowest BCUT2D eigenvalue weighted by Gasteiger charge is -2.32. The van der Waals surface area contributed by atoms with Crippen molar-refractivity contribution < 1.29 is 17.9 Å². The summed E-state index contributed by atoms with van der Waals surface area (Å²) in [5, 5.41) is 3.60. The van der Waals surface area contributed by atoms with E-state index in [0.717, 1.165) is 37.0 Å². The van der Waals surface area contributed by atoms with Crippen LogP contribution in [0.25, 0.3) is 11.0 Å². The van der Waals surface area contributed by atoms with Gasteiger partial charge in [0.05, 0.1) is 17.1 Å². The Labute approximate surface area is 166 Å². The van der Waals surface area contributed by atoms with Crippen LogP contribution in [0.2, 0.25) is 0 Å². The number of halogens is 3. The standard InChI is InChI=1S/C21H23F3N4O/c1-28-11-9-15(10-12-28)25-19(20-26-17-7-2-3-8-18(17)27-20)14-5-4-6-16(13-14)29-21(22,23)24/h2-8,13,15,19,25H,9-12H2,1H3,(H,26,27). The molecule has 0 bridgehead atoms. The number of likely N-dealkylation sites (tertiary alicyclic amines) is 1. The number of para-hydroxylation sites is 2. The van der Waals surface area contributed by atoms with Crippen molar-refractivity contribution in [3.63, 3.8) is 0 Å². The van der Waals surface area contributed by atoms with E-state index in [-0.39, 0.29) is 17.8 Å². The Morgan fingerprint density at radius 1 is 1.14 bits per heavy atom. The number of hydrogen-bond donors (Lipinski definition) is 2. The number of benzene rings is 2. The molecule has 0 saturated carbocycles. The van der Waals surface area contributed by atoms with Crippen LogP contribution in [0.4, 0.5) is 13.2 Å². The average molecular weight is 404 g/mol. The summed E-state index contributed by atoms with van der Waals surface area (Å²) < 4.78 is 42.2. The molecule has 0 amide bonds. The van der Waals surface area contributed by atoms with Crippen LogP contribution in [-0.4, -0.2) is 47.4 Å². The normalized spacial score (nSPS) is 17.5. The first-order chi connectivity index (χ1) is 13.9. The second kappa shape index (κ2) is 8.04. The molecule has 1 aromatic heterocycles. The number of aromatic nitrogens is 2. The molecule has 0 radical (unpaired) electrons. The number of nitrogens with one attached hydrogen (secondary N) is 2. The van der Waals surface area contributed by atoms with Crippen molar-refractivity contribution in [3.05, 3.63) is 59.9 Å². The van der Waals surface area contributed by atoms with E-state index in [1.807, 2.05) is 24.3 Å². The first kappa shape index (κ1) is 19.7. The van der Waals surface area contributed by atoms with Gasteiger partial charge in [-0.1, -0.05) is 24.3 Å². The van der Waals surface area contributed by atoms with E-state index in [1.54, 1.807) is 12.1 Å². The summed E-state index contributed by atoms with van der Waals surface area (Å²) in [5.74, 6) is 0.440. The smallest absolute Gasteiger partial charge is 0.406 e. The molecule has 2 aromatic carbocycles. The third-order valence-electron chi connectivity index (χ3n) is 5.23. The molecular formula is C21H23F3N4O. The molecule has 29 heavy (non-hydrogen) atoms. The number of alkyl halides is 3. The fraction of sp³-hybridized carbons (Fsp3) is 0.381. The summed E-state index contributed by atoms with van der Waals surface area (Å²) >= 11 is 0. The molecule has 154 valence electrons. The van der Waals surface area contributed by atoms with Crippen LogP contribution in [0.1, 0.15) is 30.3 Å². The van der Waals surface area contributed by atoms with Crippen molar-refractivity contribution in [3.8, 4) is 5.75 Å². The summed E-state index contributed by atoms with van der Waals surface area (Å²) in [4.78, 5) is 10.3. The maximum atomic E-state index is 12.7. The lowest BCUT2D eigenvalue weighted by molar-refractivity contribution is -0.274. The summed E-state index contributed by atoms with van der Waals surface area (Å²) in [6.07, 6.45) is -2.80. The molecule has 1 unspecified atom stereocenters. The van der Waals surface area contributed by atoms with Gasteiger partial charge >= 0.3 is 6.36 Å². The van der Waals surface area contributed by atoms with Crippen LogP contribution in [0.3, 0.4) is 0 Å². The van der Waals surface area contributed by atoms with E-state index in [1.165, 1.54) is 12.1 Å². The number of aromatic amines is 1. The SMILES string of the molecule is CN1CCC(NC(c2cccc(OC(F)(F)F)c2)c2nc3ccccc3[nH]2)CC1. The highest BCUT2D eigenvalue weighted by Crippen LogP contribution is 2.29. The zero-order valence-corrected chi connectivity index (χ0v) is 16.0. The maximum Gasteiger partial charge on any atom is 0.573 e. The Balaban J connectivity index is 1.67. The number of fused-ring (bicyclic) bond motifs is 1. The molecule has 4 rings (SSSR count). The summed E-state index contributed by atoms with van der Waals surface area (Å²) in [6.45, 7) is 1.95. The predicted molar refractivity (Wildman–Crippen MR) is 105 cm³/mol. The minimum atomic E-state index is -4.73. The second-order valence-corrected chi connectivity index (χ2v) is 7.44. The summed E-state index contributed by atoms with van der Waals surface area (Å²) in [6, 6.07) is 13.6. The minimum Gasteiger partial charge on any atom is -0.406 e. The van der Waals surface area contributed by atoms with Crippen molar-refractivity contribution in [1.82, 2.24) is 20.2 Å². The predicted octanol–water partition coefficient (Wildman–Crippen LogP) is 4.23. The molecule has 8 heteroatoms. The van der Waals surface area contributed by atoms with Crippen molar-refractivity contribution in [2.75, 3.05) is 20.1 Å². The van der Waals surface area contributed by atoms with E-state index in [0.29, 0.717) is 11.4 Å². The Hall–Kier alpha value is -2.58. The first-order valence-electron chi connectivity index (χ1n) is 9.62. The van der Waals surface area contributed by atoms with Crippen LogP contribution in [0, 0.1) is 0 Å². The van der Waals surface area contributed by atoms with E-state index in [2.05, 4.69) is 32.0 Å². The van der Waals surface area contributed by atoms with Crippen LogP contribution >= 0.6 is 0 Å². The van der Waals surface area contributed by atoms with Gasteiger partial charge in [0.1, 0.15) is 11.6 Å². The third kappa shape index (κ3) is 4.89. The number of nitrogens with zero attached hydrogens (tertiary/aromatic N) is 2. The van der Waals surface area contributed by atoms with Crippen molar-refractivity contribution in [2.24, 2.45) is 0 Å². The molecule has 2 heterocycles. The molecular weight excluding hydrogens is 381 g/mol. The first-order valence-corrected chi connectivity index (χ1v) is 9.62. The molecule has 1 fully saturated rings. The van der Waals surface area contributed by atoms with Crippen molar-refractivity contribution >= 4 is 11.0 Å². The van der Waals surface area contributed by atoms with Gasteiger partial charge in [-0.3, -0.25) is 0 Å². The number of piperidine rings is 1. The zero-order valence-electron chi connectivity index (χ0n) is 16.0. The molecule has 0 spiro atoms. The van der Waals surface area contributed by atoms with Gasteiger partial charge < -0.3 is 19.9 Å². The number of H-pyrrole nitrogens is 1. The Kier molecular flexibility index (Phi) is 5.47. The topological polar surface area (TPSA) is 53.2 Å². The van der Waals surface area contributed by atoms with Gasteiger partial charge in [-0.15, -0.1) is 13.2 Å². The molecule has 0 aliphatic carbocycles. The van der Waals surface area contributed by atoms with E-state index in [9.17, 15) is 13.2 Å². The van der Waals surface area contributed by atoms with Crippen LogP contribution in [0.15, 0.2) is 48.5 Å². The Bertz CT molecular complexity index is 931. The van der Waals surface area contributed by atoms with Gasteiger partial charge in [0.2, 0.25) is 0 Å². The zero-order chi connectivity index (χ0) is 20.4. The number of rotatable bonds is 5. The lowest BCUT2D eigenvalue weighted by Crippen LogP contribution is -2.42. The number of hydrogen-bond acceptors (Lipinski definition) is 4. The fourth-order valence-corrected chi connectivity index (χ4v) is 3.74. The van der Waals surface area contributed by atoms with Gasteiger partial charge in [0.25, 0.3) is 0 Å². The maximum absolute atomic E-state index is 12.7. The van der Waals surface area contributed by atoms with Crippen LogP contribution < -0.4 is 10.1 Å². The van der Waals surface area contributed by atoms with Crippen molar-refractivity contribution in [1.29, 1.82) is 0 Å². The second-order valence-electron chi connectivity index (χ2n) is 7.44. The van der Waals surface area contributed by atoms with E-state index >= 15 is 0 Å². The average Bonchev–Trinajstić information content (AvgIpc) is 3.10. The monoisotopic (exact) mass is 404 g/mol. The lowest BCUT2D eigenvalue weighted by atomic mass is 10.0. The molecule has 1 saturated heterocycles. The highest BCUT2D eigenvalue weighted by molar-refractivity contribution is 5.75. The Morgan fingerprint density at radius 3 is 2.62 bits per heavy atom. The van der Waals surface area contributed by atoms with Gasteiger partial charge in [-0.05, 0) is 62.8 Å². The molecule has 1 aliphatic rings. The largest absolute Gasteiger partial charge is 0.573 e. The van der Waals surface area contributed by atoms with E-state index in [4.69, 9.17) is 0 Å². The number of ether oxygens (including phenoxy) is 1. The minimum absolute atomic E-state index is 0.235. The molecule has 1 atom stereocenters. The third-order valence-corrected chi connectivity index (χ3v) is 5.23. The van der Waals surface area contributed by atoms with Crippen LogP contribution in [0.5, 0.6) is 5.75 Å².